The van der Waals surface area contributed by atoms with Crippen molar-refractivity contribution in [3.63, 3.8) is 0 Å². The molecule has 6 aliphatic rings. The molecule has 0 spiro atoms. The number of cyclic esters (lactones) is 1. The summed E-state index contributed by atoms with van der Waals surface area (Å²) >= 11 is 0. The van der Waals surface area contributed by atoms with Crippen molar-refractivity contribution >= 4 is 17.7 Å². The normalized spacial score (nSPS) is 45.9. The number of esters is 2. The average Bonchev–Trinajstić information content (AvgIpc) is 3.47. The molecule has 4 saturated carbocycles. The molecule has 12 heteroatoms. The van der Waals surface area contributed by atoms with Crippen LogP contribution in [-0.4, -0.2) is 78.0 Å². The lowest BCUT2D eigenvalue weighted by Gasteiger charge is -2.63. The molecule has 0 bridgehead atoms. The van der Waals surface area contributed by atoms with Gasteiger partial charge in [-0.15, -0.1) is 0 Å². The molecule has 0 radical (unpaired) electrons. The summed E-state index contributed by atoms with van der Waals surface area (Å²) in [7, 11) is 0. The van der Waals surface area contributed by atoms with Gasteiger partial charge in [-0.1, -0.05) is 13.8 Å². The minimum absolute atomic E-state index is 0.0504. The highest BCUT2D eigenvalue weighted by atomic mass is 19.4. The fourth-order valence-electron chi connectivity index (χ4n) is 10.5. The molecule has 2 heterocycles. The van der Waals surface area contributed by atoms with Crippen molar-refractivity contribution in [2.75, 3.05) is 6.61 Å². The third-order valence-electron chi connectivity index (χ3n) is 12.6. The largest absolute Gasteiger partial charge is 0.490 e. The zero-order valence-corrected chi connectivity index (χ0v) is 27.3. The van der Waals surface area contributed by atoms with Gasteiger partial charge in [0, 0.05) is 30.3 Å². The van der Waals surface area contributed by atoms with Gasteiger partial charge in [-0.25, -0.2) is 9.59 Å². The molecule has 9 nitrogen and oxygen atoms in total. The van der Waals surface area contributed by atoms with Gasteiger partial charge in [-0.2, -0.15) is 13.2 Å². The summed E-state index contributed by atoms with van der Waals surface area (Å²) in [6, 6.07) is 0. The molecule has 6 rings (SSSR count). The van der Waals surface area contributed by atoms with E-state index in [4.69, 9.17) is 23.7 Å². The van der Waals surface area contributed by atoms with E-state index in [1.165, 1.54) is 6.08 Å². The number of aliphatic hydroxyl groups is 1. The number of carbonyl (C=O) groups is 3. The van der Waals surface area contributed by atoms with Crippen molar-refractivity contribution in [2.45, 2.75) is 141 Å². The lowest BCUT2D eigenvalue weighted by molar-refractivity contribution is -0.247. The van der Waals surface area contributed by atoms with Gasteiger partial charge in [0.25, 0.3) is 0 Å². The number of rotatable bonds is 6. The Morgan fingerprint density at radius 2 is 1.80 bits per heavy atom. The highest BCUT2D eigenvalue weighted by Crippen LogP contribution is 2.70. The number of alkyl halides is 3. The zero-order chi connectivity index (χ0) is 33.4. The Labute approximate surface area is 267 Å². The molecule has 0 aromatic carbocycles. The van der Waals surface area contributed by atoms with Crippen molar-refractivity contribution < 1.29 is 56.3 Å². The highest BCUT2D eigenvalue weighted by Gasteiger charge is 2.71. The second-order valence-corrected chi connectivity index (χ2v) is 15.4. The average molecular weight is 657 g/mol. The Morgan fingerprint density at radius 1 is 1.07 bits per heavy atom. The van der Waals surface area contributed by atoms with Crippen molar-refractivity contribution in [2.24, 2.45) is 34.5 Å². The van der Waals surface area contributed by atoms with E-state index in [1.54, 1.807) is 6.92 Å². The minimum atomic E-state index is -5.18. The molecule has 4 aliphatic carbocycles. The van der Waals surface area contributed by atoms with Crippen LogP contribution >= 0.6 is 0 Å². The summed E-state index contributed by atoms with van der Waals surface area (Å²) in [4.78, 5) is 36.7. The van der Waals surface area contributed by atoms with Gasteiger partial charge < -0.3 is 28.8 Å². The summed E-state index contributed by atoms with van der Waals surface area (Å²) < 4.78 is 68.5. The van der Waals surface area contributed by atoms with Crippen LogP contribution in [0.3, 0.4) is 0 Å². The van der Waals surface area contributed by atoms with Gasteiger partial charge in [0.2, 0.25) is 0 Å². The second-order valence-electron chi connectivity index (χ2n) is 15.4. The second kappa shape index (κ2) is 11.8. The first-order chi connectivity index (χ1) is 21.5. The minimum Gasteiger partial charge on any atom is -0.458 e. The van der Waals surface area contributed by atoms with Crippen LogP contribution in [0.1, 0.15) is 92.4 Å². The molecule has 3 unspecified atom stereocenters. The standard InChI is InChI=1S/C34H47F3O9/c1-17(2)43-24-14-27(44-18(3)29(24)39)45-21-8-10-31(4)20(13-21)6-7-23-22(31)9-11-32(5)28(19-12-26(38)42-16-19)25(15-33(23,32)41)46-30(40)34(35,36)37/h12,17-18,20-25,27-28,41H,6-11,13-16H2,1-5H3/t18?,20-,21+,22?,23-,24?,25+,27+,28+,31+,32-,33+/m1/s1. The van der Waals surface area contributed by atoms with E-state index in [0.29, 0.717) is 30.8 Å². The molecule has 0 amide bonds. The van der Waals surface area contributed by atoms with E-state index in [-0.39, 0.29) is 48.3 Å². The van der Waals surface area contributed by atoms with Crippen LogP contribution in [0.25, 0.3) is 0 Å². The maximum absolute atomic E-state index is 13.4. The van der Waals surface area contributed by atoms with Gasteiger partial charge in [0.05, 0.1) is 17.8 Å². The van der Waals surface area contributed by atoms with Crippen LogP contribution < -0.4 is 0 Å². The lowest BCUT2D eigenvalue weighted by atomic mass is 9.43. The Kier molecular flexibility index (Phi) is 8.72. The molecule has 258 valence electrons. The SMILES string of the molecule is CC(C)OC1C[C@H](O[C@H]2CC[C@]3(C)C4CC[C@]5(C)[C@@H](C6=CC(=O)OC6)[C@@H](OC(=O)C(F)(F)F)C[C@]5(O)[C@@H]4CC[C@@H]3C2)OC(C)C1=O. The summed E-state index contributed by atoms with van der Waals surface area (Å²) in [6.07, 6.45) is -1.51. The summed E-state index contributed by atoms with van der Waals surface area (Å²) in [5.74, 6) is -3.48. The molecular weight excluding hydrogens is 609 g/mol. The monoisotopic (exact) mass is 656 g/mol. The lowest BCUT2D eigenvalue weighted by Crippen LogP contribution is -2.62. The smallest absolute Gasteiger partial charge is 0.458 e. The number of hydrogen-bond donors (Lipinski definition) is 1. The van der Waals surface area contributed by atoms with Crippen LogP contribution in [0, 0.1) is 34.5 Å². The number of carbonyl (C=O) groups excluding carboxylic acids is 3. The Hall–Kier alpha value is -2.02. The van der Waals surface area contributed by atoms with E-state index in [9.17, 15) is 32.7 Å². The molecule has 0 aromatic heterocycles. The number of hydrogen-bond acceptors (Lipinski definition) is 9. The molecule has 0 aromatic rings. The Bertz CT molecular complexity index is 1270. The molecule has 2 aliphatic heterocycles. The zero-order valence-electron chi connectivity index (χ0n) is 27.3. The first-order valence-corrected chi connectivity index (χ1v) is 16.8. The Morgan fingerprint density at radius 3 is 2.46 bits per heavy atom. The number of Topliss-reactive ketones (excluding diaryl/α,β-unsaturated/α-hetero) is 1. The number of fused-ring (bicyclic) bond motifs is 5. The summed E-state index contributed by atoms with van der Waals surface area (Å²) in [5.41, 5.74) is -1.95. The van der Waals surface area contributed by atoms with Gasteiger partial charge in [-0.3, -0.25) is 4.79 Å². The molecule has 12 atom stereocenters. The summed E-state index contributed by atoms with van der Waals surface area (Å²) in [5, 5.41) is 12.6. The molecule has 1 saturated heterocycles. The van der Waals surface area contributed by atoms with Crippen molar-refractivity contribution in [3.05, 3.63) is 11.6 Å². The summed E-state index contributed by atoms with van der Waals surface area (Å²) in [6.45, 7) is 9.59. The van der Waals surface area contributed by atoms with Gasteiger partial charge in [-0.05, 0) is 94.5 Å². The number of ether oxygens (including phenoxy) is 5. The van der Waals surface area contributed by atoms with Crippen LogP contribution in [-0.2, 0) is 38.1 Å². The van der Waals surface area contributed by atoms with Crippen molar-refractivity contribution in [3.8, 4) is 0 Å². The third kappa shape index (κ3) is 5.62. The fraction of sp³-hybridized carbons (Fsp3) is 0.853. The van der Waals surface area contributed by atoms with E-state index < -0.39 is 59.7 Å². The fourth-order valence-corrected chi connectivity index (χ4v) is 10.5. The first kappa shape index (κ1) is 33.9. The maximum atomic E-state index is 13.4. The topological polar surface area (TPSA) is 118 Å². The molecule has 46 heavy (non-hydrogen) atoms. The van der Waals surface area contributed by atoms with Gasteiger partial charge in [0.15, 0.2) is 12.1 Å². The third-order valence-corrected chi connectivity index (χ3v) is 12.6. The van der Waals surface area contributed by atoms with E-state index in [0.717, 1.165) is 32.1 Å². The maximum Gasteiger partial charge on any atom is 0.490 e. The van der Waals surface area contributed by atoms with E-state index >= 15 is 0 Å². The van der Waals surface area contributed by atoms with Crippen LogP contribution in [0.4, 0.5) is 13.2 Å². The van der Waals surface area contributed by atoms with Crippen LogP contribution in [0.2, 0.25) is 0 Å². The first-order valence-electron chi connectivity index (χ1n) is 16.8. The van der Waals surface area contributed by atoms with Crippen molar-refractivity contribution in [1.82, 2.24) is 0 Å². The quantitative estimate of drug-likeness (QED) is 0.304. The van der Waals surface area contributed by atoms with E-state index in [2.05, 4.69) is 6.92 Å². The predicted octanol–water partition coefficient (Wildman–Crippen LogP) is 5.21. The molecule has 1 N–H and O–H groups in total. The molecule has 5 fully saturated rings. The number of ketones is 1. The van der Waals surface area contributed by atoms with E-state index in [1.807, 2.05) is 20.8 Å². The van der Waals surface area contributed by atoms with Crippen LogP contribution in [0.15, 0.2) is 11.6 Å². The molecular formula is C34H47F3O9. The Balaban J connectivity index is 1.19. The van der Waals surface area contributed by atoms with Crippen LogP contribution in [0.5, 0.6) is 0 Å². The van der Waals surface area contributed by atoms with Gasteiger partial charge in [0.1, 0.15) is 24.9 Å². The number of halogens is 3. The van der Waals surface area contributed by atoms with Crippen molar-refractivity contribution in [1.29, 1.82) is 0 Å². The van der Waals surface area contributed by atoms with Gasteiger partial charge >= 0.3 is 18.1 Å². The predicted molar refractivity (Wildman–Crippen MR) is 156 cm³/mol. The highest BCUT2D eigenvalue weighted by molar-refractivity contribution is 5.87.